The number of rotatable bonds is 20. The number of carbonyl (C=O) groups excluding carboxylic acids is 1. The molecule has 10 rings (SSSR count). The molecule has 4 atom stereocenters. The number of non-ortho nitro benzene ring substituents is 1. The summed E-state index contributed by atoms with van der Waals surface area (Å²) in [6.45, 7) is 0.554. The molecule has 16 nitrogen and oxygen atoms in total. The fourth-order valence-corrected chi connectivity index (χ4v) is 10.5. The van der Waals surface area contributed by atoms with Crippen molar-refractivity contribution in [2.75, 3.05) is 18.5 Å². The van der Waals surface area contributed by atoms with Gasteiger partial charge >= 0.3 is 15.6 Å². The van der Waals surface area contributed by atoms with Gasteiger partial charge in [-0.25, -0.2) is 4.98 Å². The number of alkyl halides is 3. The van der Waals surface area contributed by atoms with Crippen molar-refractivity contribution in [2.24, 2.45) is 0 Å². The summed E-state index contributed by atoms with van der Waals surface area (Å²) in [5.74, 6) is -0.969. The molecule has 1 fully saturated rings. The zero-order valence-electron chi connectivity index (χ0n) is 42.0. The van der Waals surface area contributed by atoms with Crippen molar-refractivity contribution in [1.29, 1.82) is 0 Å². The molecule has 9 aromatic rings. The summed E-state index contributed by atoms with van der Waals surface area (Å²) in [4.78, 5) is 37.2. The Hall–Kier alpha value is -8.66. The van der Waals surface area contributed by atoms with E-state index in [1.54, 1.807) is 103 Å². The molecule has 0 saturated carbocycles. The summed E-state index contributed by atoms with van der Waals surface area (Å²) in [6, 6.07) is 60.0. The summed E-state index contributed by atoms with van der Waals surface area (Å²) in [7, 11) is -6.48. The van der Waals surface area contributed by atoms with Gasteiger partial charge in [0.15, 0.2) is 17.4 Å². The van der Waals surface area contributed by atoms with E-state index >= 15 is 13.2 Å². The summed E-state index contributed by atoms with van der Waals surface area (Å²) in [6.07, 6.45) is -5.90. The quantitative estimate of drug-likeness (QED) is 0.0249. The number of benzene rings is 7. The van der Waals surface area contributed by atoms with Crippen molar-refractivity contribution in [3.05, 3.63) is 262 Å². The second-order valence-electron chi connectivity index (χ2n) is 18.4. The lowest BCUT2D eigenvalue weighted by molar-refractivity contribution is -0.384. The van der Waals surface area contributed by atoms with Crippen LogP contribution >= 0.6 is 0 Å². The van der Waals surface area contributed by atoms with Crippen LogP contribution in [0.25, 0.3) is 11.2 Å². The number of imidazole rings is 1. The number of hydrogen-bond donors (Lipinski definition) is 1. The maximum atomic E-state index is 15.0. The lowest BCUT2D eigenvalue weighted by Gasteiger charge is -2.40. The van der Waals surface area contributed by atoms with Crippen molar-refractivity contribution in [1.82, 2.24) is 19.5 Å². The minimum absolute atomic E-state index is 0.00285. The van der Waals surface area contributed by atoms with E-state index in [1.165, 1.54) is 30.0 Å². The van der Waals surface area contributed by atoms with E-state index in [4.69, 9.17) is 23.1 Å². The standard InChI is InChI=1S/C59H49F3N6O10S/c1-40(69)64-56-65-53-50(54(66-56)74-37-36-41-32-34-48(35-33-41)68(70)71)63-39-67(53)55-52(77-58(45-26-14-5-15-27-45,46-28-16-6-17-29-46)47-30-18-7-19-31-47)51(78-79(72,73)59(60,61)62)49(76-55)38-75-57(42-20-8-2-9-21-42,43-22-10-3-11-23-43)44-24-12-4-13-25-44/h2-35,39,49,51-52,55H,36-38H2,1H3,(H,64,65,66,69)/t49-,51-,52-,55-/m1/s1. The van der Waals surface area contributed by atoms with Crippen molar-refractivity contribution in [2.45, 2.75) is 54.6 Å². The molecular formula is C59H49F3N6O10S. The Morgan fingerprint density at radius 2 is 1.13 bits per heavy atom. The van der Waals surface area contributed by atoms with Gasteiger partial charge in [-0.2, -0.15) is 31.6 Å². The van der Waals surface area contributed by atoms with Crippen LogP contribution in [0.2, 0.25) is 0 Å². The lowest BCUT2D eigenvalue weighted by Crippen LogP contribution is -2.48. The third-order valence-electron chi connectivity index (χ3n) is 13.4. The predicted molar refractivity (Wildman–Crippen MR) is 285 cm³/mol. The number of amides is 1. The molecule has 0 unspecified atom stereocenters. The average molecular weight is 1090 g/mol. The predicted octanol–water partition coefficient (Wildman–Crippen LogP) is 10.8. The lowest BCUT2D eigenvalue weighted by atomic mass is 9.79. The molecule has 1 saturated heterocycles. The second-order valence-corrected chi connectivity index (χ2v) is 19.9. The van der Waals surface area contributed by atoms with E-state index in [2.05, 4.69) is 20.3 Å². The zero-order valence-corrected chi connectivity index (χ0v) is 42.8. The van der Waals surface area contributed by atoms with Gasteiger partial charge in [-0.15, -0.1) is 0 Å². The van der Waals surface area contributed by atoms with Crippen LogP contribution in [0.1, 0.15) is 52.1 Å². The summed E-state index contributed by atoms with van der Waals surface area (Å²) in [5.41, 5.74) is -5.34. The largest absolute Gasteiger partial charge is 0.523 e. The van der Waals surface area contributed by atoms with Gasteiger partial charge in [-0.05, 0) is 38.9 Å². The van der Waals surface area contributed by atoms with E-state index < -0.39 is 68.8 Å². The van der Waals surface area contributed by atoms with Crippen LogP contribution in [0.4, 0.5) is 24.8 Å². The Kier molecular flexibility index (Phi) is 15.5. The van der Waals surface area contributed by atoms with E-state index in [9.17, 15) is 23.3 Å². The Balaban J connectivity index is 1.18. The van der Waals surface area contributed by atoms with Crippen molar-refractivity contribution < 1.29 is 54.4 Å². The first-order chi connectivity index (χ1) is 38.2. The van der Waals surface area contributed by atoms with Gasteiger partial charge < -0.3 is 18.9 Å². The van der Waals surface area contributed by atoms with Crippen LogP contribution in [0.15, 0.2) is 213 Å². The molecule has 20 heteroatoms. The van der Waals surface area contributed by atoms with Crippen molar-refractivity contribution in [3.63, 3.8) is 0 Å². The smallest absolute Gasteiger partial charge is 0.476 e. The van der Waals surface area contributed by atoms with Crippen LogP contribution in [0, 0.1) is 10.1 Å². The normalized spacial score (nSPS) is 16.9. The molecule has 0 bridgehead atoms. The fourth-order valence-electron chi connectivity index (χ4n) is 9.85. The van der Waals surface area contributed by atoms with Crippen LogP contribution in [0.5, 0.6) is 5.88 Å². The number of nitrogens with zero attached hydrogens (tertiary/aromatic N) is 5. The highest BCUT2D eigenvalue weighted by Gasteiger charge is 2.58. The number of nitro benzene ring substituents is 1. The summed E-state index contributed by atoms with van der Waals surface area (Å²) in [5, 5.41) is 13.9. The minimum Gasteiger partial charge on any atom is -0.476 e. The molecule has 2 aromatic heterocycles. The molecule has 0 radical (unpaired) electrons. The number of aromatic nitrogens is 4. The van der Waals surface area contributed by atoms with Crippen molar-refractivity contribution >= 4 is 38.8 Å². The van der Waals surface area contributed by atoms with E-state index in [0.717, 1.165) is 0 Å². The van der Waals surface area contributed by atoms with Crippen LogP contribution < -0.4 is 10.1 Å². The van der Waals surface area contributed by atoms with Gasteiger partial charge in [-0.3, -0.25) is 29.0 Å². The average Bonchev–Trinajstić information content (AvgIpc) is 4.30. The zero-order chi connectivity index (χ0) is 55.2. The minimum atomic E-state index is -6.48. The molecule has 3 heterocycles. The van der Waals surface area contributed by atoms with Gasteiger partial charge in [-0.1, -0.05) is 194 Å². The van der Waals surface area contributed by atoms with Crippen LogP contribution in [0.3, 0.4) is 0 Å². The topological polar surface area (TPSA) is 196 Å². The molecule has 0 aliphatic carbocycles. The maximum Gasteiger partial charge on any atom is 0.523 e. The molecule has 1 aliphatic heterocycles. The van der Waals surface area contributed by atoms with Crippen molar-refractivity contribution in [3.8, 4) is 5.88 Å². The van der Waals surface area contributed by atoms with Gasteiger partial charge in [0.25, 0.3) is 5.69 Å². The number of anilines is 1. The van der Waals surface area contributed by atoms with E-state index in [-0.39, 0.29) is 41.7 Å². The van der Waals surface area contributed by atoms with Gasteiger partial charge in [0, 0.05) is 25.5 Å². The highest BCUT2D eigenvalue weighted by atomic mass is 32.2. The summed E-state index contributed by atoms with van der Waals surface area (Å²) >= 11 is 0. The van der Waals surface area contributed by atoms with Gasteiger partial charge in [0.1, 0.15) is 29.5 Å². The Morgan fingerprint density at radius 1 is 0.671 bits per heavy atom. The first-order valence-electron chi connectivity index (χ1n) is 24.9. The second kappa shape index (κ2) is 22.7. The number of fused-ring (bicyclic) bond motifs is 1. The third kappa shape index (κ3) is 11.0. The Bertz CT molecular complexity index is 3450. The molecule has 1 aliphatic rings. The van der Waals surface area contributed by atoms with E-state index in [1.807, 2.05) is 91.0 Å². The number of nitro groups is 1. The number of nitrogens with one attached hydrogen (secondary N) is 1. The maximum absolute atomic E-state index is 15.0. The third-order valence-corrected chi connectivity index (χ3v) is 14.4. The molecule has 0 spiro atoms. The number of ether oxygens (including phenoxy) is 4. The number of hydrogen-bond acceptors (Lipinski definition) is 13. The van der Waals surface area contributed by atoms with Gasteiger partial charge in [0.2, 0.25) is 17.7 Å². The number of halogens is 3. The fraction of sp³-hybridized carbons (Fsp3) is 0.186. The van der Waals surface area contributed by atoms with Crippen LogP contribution in [-0.4, -0.2) is 75.8 Å². The molecule has 1 N–H and O–H groups in total. The first-order valence-corrected chi connectivity index (χ1v) is 26.3. The Morgan fingerprint density at radius 3 is 1.56 bits per heavy atom. The SMILES string of the molecule is CC(=O)Nc1nc(OCCc2ccc([N+](=O)[O-])cc2)c2ncn([C@@H]3O[C@H](COC(c4ccccc4)(c4ccccc4)c4ccccc4)[C@@H](OS(=O)(=O)C(F)(F)F)[C@H]3OC(c3ccccc3)(c3ccccc3)c3ccccc3)c2n1. The monoisotopic (exact) mass is 1090 g/mol. The number of carbonyl (C=O) groups is 1. The summed E-state index contributed by atoms with van der Waals surface area (Å²) < 4.78 is 107. The van der Waals surface area contributed by atoms with Gasteiger partial charge in [0.05, 0.1) is 24.5 Å². The molecule has 79 heavy (non-hydrogen) atoms. The van der Waals surface area contributed by atoms with E-state index in [0.29, 0.717) is 38.9 Å². The molecule has 402 valence electrons. The highest BCUT2D eigenvalue weighted by Crippen LogP contribution is 2.49. The Labute approximate surface area is 451 Å². The first kappa shape index (κ1) is 53.7. The molecule has 1 amide bonds. The highest BCUT2D eigenvalue weighted by molar-refractivity contribution is 7.87. The molecule has 7 aromatic carbocycles. The molecular weight excluding hydrogens is 1040 g/mol. The van der Waals surface area contributed by atoms with Crippen LogP contribution in [-0.2, 0) is 50.9 Å².